The molecule has 1 aromatic heterocycles. The molecule has 1 N–H and O–H groups in total. The first-order chi connectivity index (χ1) is 7.51. The average molecular weight is 228 g/mol. The van der Waals surface area contributed by atoms with E-state index in [0.717, 1.165) is 6.07 Å². The van der Waals surface area contributed by atoms with Crippen LogP contribution in [0.1, 0.15) is 18.4 Å². The Morgan fingerprint density at radius 1 is 1.31 bits per heavy atom. The zero-order valence-corrected chi connectivity index (χ0v) is 9.08. The quantitative estimate of drug-likeness (QED) is 0.735. The molecule has 1 aliphatic heterocycles. The van der Waals surface area contributed by atoms with Crippen molar-refractivity contribution < 1.29 is 13.9 Å². The molecule has 3 nitrogen and oxygen atoms in total. The number of rotatable bonds is 1. The summed E-state index contributed by atoms with van der Waals surface area (Å²) in [7, 11) is 1.94. The molecule has 0 spiro atoms. The molecule has 2 heterocycles. The number of hydrogen-bond acceptors (Lipinski definition) is 3. The monoisotopic (exact) mass is 228 g/mol. The first kappa shape index (κ1) is 11.4. The van der Waals surface area contributed by atoms with Gasteiger partial charge in [0.05, 0.1) is 5.60 Å². The molecule has 16 heavy (non-hydrogen) atoms. The van der Waals surface area contributed by atoms with Gasteiger partial charge in [0.25, 0.3) is 0 Å². The maximum absolute atomic E-state index is 13.5. The van der Waals surface area contributed by atoms with Crippen molar-refractivity contribution in [3.8, 4) is 0 Å². The van der Waals surface area contributed by atoms with Gasteiger partial charge in [-0.3, -0.25) is 0 Å². The Hall–Kier alpha value is -1.07. The third-order valence-corrected chi connectivity index (χ3v) is 3.13. The van der Waals surface area contributed by atoms with E-state index in [0.29, 0.717) is 25.9 Å². The van der Waals surface area contributed by atoms with Crippen LogP contribution < -0.4 is 0 Å². The topological polar surface area (TPSA) is 36.4 Å². The maximum atomic E-state index is 13.5. The van der Waals surface area contributed by atoms with Crippen molar-refractivity contribution in [3.05, 3.63) is 29.6 Å². The van der Waals surface area contributed by atoms with Crippen LogP contribution >= 0.6 is 0 Å². The summed E-state index contributed by atoms with van der Waals surface area (Å²) in [6, 6.07) is 2.36. The van der Waals surface area contributed by atoms with Crippen LogP contribution in [-0.4, -0.2) is 35.1 Å². The fourth-order valence-electron chi connectivity index (χ4n) is 2.02. The van der Waals surface area contributed by atoms with Crippen LogP contribution in [0.25, 0.3) is 0 Å². The summed E-state index contributed by atoms with van der Waals surface area (Å²) >= 11 is 0. The highest BCUT2D eigenvalue weighted by molar-refractivity contribution is 5.21. The Labute approximate surface area is 92.7 Å². The van der Waals surface area contributed by atoms with Crippen molar-refractivity contribution in [3.63, 3.8) is 0 Å². The fraction of sp³-hybridized carbons (Fsp3) is 0.545. The second-order valence-corrected chi connectivity index (χ2v) is 4.31. The van der Waals surface area contributed by atoms with Crippen LogP contribution in [0.3, 0.4) is 0 Å². The van der Waals surface area contributed by atoms with E-state index in [1.54, 1.807) is 0 Å². The van der Waals surface area contributed by atoms with E-state index < -0.39 is 17.5 Å². The summed E-state index contributed by atoms with van der Waals surface area (Å²) in [5.41, 5.74) is -1.11. The Morgan fingerprint density at radius 2 is 1.94 bits per heavy atom. The highest BCUT2D eigenvalue weighted by Gasteiger charge is 2.35. The molecular formula is C11H14F2N2O. The number of hydrogen-bond donors (Lipinski definition) is 1. The molecule has 0 saturated carbocycles. The molecule has 0 aliphatic carbocycles. The summed E-state index contributed by atoms with van der Waals surface area (Å²) in [6.45, 7) is 1.38. The molecule has 0 unspecified atom stereocenters. The Balaban J connectivity index is 2.29. The summed E-state index contributed by atoms with van der Waals surface area (Å²) in [4.78, 5) is 5.16. The van der Waals surface area contributed by atoms with Crippen LogP contribution in [0.4, 0.5) is 8.78 Å². The zero-order chi connectivity index (χ0) is 11.8. The molecule has 5 heteroatoms. The minimum Gasteiger partial charge on any atom is -0.385 e. The number of halogens is 2. The lowest BCUT2D eigenvalue weighted by molar-refractivity contribution is -0.0237. The lowest BCUT2D eigenvalue weighted by atomic mass is 9.85. The van der Waals surface area contributed by atoms with E-state index in [4.69, 9.17) is 0 Å². The van der Waals surface area contributed by atoms with Gasteiger partial charge >= 0.3 is 0 Å². The Bertz CT molecular complexity index is 390. The third-order valence-electron chi connectivity index (χ3n) is 3.13. The van der Waals surface area contributed by atoms with Gasteiger partial charge in [0, 0.05) is 18.7 Å². The minimum absolute atomic E-state index is 0.0991. The highest BCUT2D eigenvalue weighted by Crippen LogP contribution is 2.33. The normalized spacial score (nSPS) is 21.0. The van der Waals surface area contributed by atoms with Crippen LogP contribution in [-0.2, 0) is 5.60 Å². The highest BCUT2D eigenvalue weighted by atomic mass is 19.1. The molecule has 1 aliphatic rings. The number of aromatic nitrogens is 1. The maximum Gasteiger partial charge on any atom is 0.221 e. The van der Waals surface area contributed by atoms with Gasteiger partial charge in [-0.15, -0.1) is 0 Å². The fourth-order valence-corrected chi connectivity index (χ4v) is 2.02. The van der Waals surface area contributed by atoms with Gasteiger partial charge in [-0.25, -0.2) is 0 Å². The molecule has 0 radical (unpaired) electrons. The second-order valence-electron chi connectivity index (χ2n) is 4.31. The molecule has 0 aromatic carbocycles. The largest absolute Gasteiger partial charge is 0.385 e. The number of piperidine rings is 1. The number of likely N-dealkylation sites (tertiary alicyclic amines) is 1. The number of pyridine rings is 1. The van der Waals surface area contributed by atoms with Crippen molar-refractivity contribution in [2.45, 2.75) is 18.4 Å². The van der Waals surface area contributed by atoms with Crippen molar-refractivity contribution in [2.24, 2.45) is 0 Å². The van der Waals surface area contributed by atoms with E-state index >= 15 is 0 Å². The molecule has 0 bridgehead atoms. The van der Waals surface area contributed by atoms with Crippen molar-refractivity contribution in [1.29, 1.82) is 0 Å². The average Bonchev–Trinajstić information content (AvgIpc) is 2.22. The van der Waals surface area contributed by atoms with Crippen molar-refractivity contribution in [1.82, 2.24) is 9.88 Å². The summed E-state index contributed by atoms with van der Waals surface area (Å²) in [5.74, 6) is -1.77. The molecular weight excluding hydrogens is 214 g/mol. The first-order valence-electron chi connectivity index (χ1n) is 5.25. The molecule has 1 saturated heterocycles. The Kier molecular flexibility index (Phi) is 2.90. The predicted octanol–water partition coefficient (Wildman–Crippen LogP) is 1.27. The molecule has 0 amide bonds. The smallest absolute Gasteiger partial charge is 0.221 e. The third kappa shape index (κ3) is 2.05. The zero-order valence-electron chi connectivity index (χ0n) is 9.08. The summed E-state index contributed by atoms with van der Waals surface area (Å²) in [5, 5.41) is 10.3. The number of aliphatic hydroxyl groups is 1. The van der Waals surface area contributed by atoms with Gasteiger partial charge in [0.2, 0.25) is 11.9 Å². The summed E-state index contributed by atoms with van der Waals surface area (Å²) < 4.78 is 26.1. The molecule has 0 atom stereocenters. The van der Waals surface area contributed by atoms with Gasteiger partial charge in [-0.2, -0.15) is 13.8 Å². The van der Waals surface area contributed by atoms with Crippen LogP contribution in [0, 0.1) is 11.9 Å². The lowest BCUT2D eigenvalue weighted by Crippen LogP contribution is -2.41. The van der Waals surface area contributed by atoms with Gasteiger partial charge in [-0.1, -0.05) is 0 Å². The standard InChI is InChI=1S/C11H14F2N2O/c1-15-6-4-11(16,5-7-15)8-2-3-9(12)14-10(8)13/h2-3,16H,4-7H2,1H3. The van der Waals surface area contributed by atoms with Crippen LogP contribution in [0.2, 0.25) is 0 Å². The number of nitrogens with zero attached hydrogens (tertiary/aromatic N) is 2. The first-order valence-corrected chi connectivity index (χ1v) is 5.25. The second kappa shape index (κ2) is 4.07. The van der Waals surface area contributed by atoms with E-state index in [2.05, 4.69) is 9.88 Å². The van der Waals surface area contributed by atoms with E-state index in [9.17, 15) is 13.9 Å². The molecule has 88 valence electrons. The van der Waals surface area contributed by atoms with Gasteiger partial charge < -0.3 is 10.0 Å². The van der Waals surface area contributed by atoms with Gasteiger partial charge in [-0.05, 0) is 32.0 Å². The minimum atomic E-state index is -1.21. The van der Waals surface area contributed by atoms with Gasteiger partial charge in [0.15, 0.2) is 0 Å². The van der Waals surface area contributed by atoms with E-state index in [1.807, 2.05) is 7.05 Å². The van der Waals surface area contributed by atoms with E-state index in [-0.39, 0.29) is 5.56 Å². The molecule has 1 aromatic rings. The predicted molar refractivity (Wildman–Crippen MR) is 54.8 cm³/mol. The van der Waals surface area contributed by atoms with Crippen LogP contribution in [0.5, 0.6) is 0 Å². The van der Waals surface area contributed by atoms with Crippen molar-refractivity contribution in [2.75, 3.05) is 20.1 Å². The van der Waals surface area contributed by atoms with Crippen molar-refractivity contribution >= 4 is 0 Å². The lowest BCUT2D eigenvalue weighted by Gasteiger charge is -2.36. The SMILES string of the molecule is CN1CCC(O)(c2ccc(F)nc2F)CC1. The summed E-state index contributed by atoms with van der Waals surface area (Å²) in [6.07, 6.45) is 0.876. The molecule has 2 rings (SSSR count). The van der Waals surface area contributed by atoms with E-state index in [1.165, 1.54) is 6.07 Å². The Morgan fingerprint density at radius 3 is 2.50 bits per heavy atom. The van der Waals surface area contributed by atoms with Gasteiger partial charge in [0.1, 0.15) is 0 Å². The van der Waals surface area contributed by atoms with Crippen LogP contribution in [0.15, 0.2) is 12.1 Å². The molecule has 1 fully saturated rings.